The Balaban J connectivity index is 2.00. The van der Waals surface area contributed by atoms with Crippen LogP contribution < -0.4 is 0 Å². The number of nitrogens with one attached hydrogen (secondary N) is 1. The number of nitrogens with zero attached hydrogens (tertiary/aromatic N) is 3. The van der Waals surface area contributed by atoms with Gasteiger partial charge in [0.1, 0.15) is 11.5 Å². The van der Waals surface area contributed by atoms with E-state index in [9.17, 15) is 0 Å². The van der Waals surface area contributed by atoms with E-state index >= 15 is 0 Å². The summed E-state index contributed by atoms with van der Waals surface area (Å²) >= 11 is 10.6. The maximum absolute atomic E-state index is 6.16. The van der Waals surface area contributed by atoms with Crippen LogP contribution in [0.3, 0.4) is 0 Å². The lowest BCUT2D eigenvalue weighted by Gasteiger charge is -2.32. The lowest BCUT2D eigenvalue weighted by Crippen LogP contribution is -2.41. The van der Waals surface area contributed by atoms with Gasteiger partial charge in [0, 0.05) is 5.75 Å². The molecule has 0 aromatic carbocycles. The van der Waals surface area contributed by atoms with Crippen molar-refractivity contribution in [2.75, 3.05) is 5.75 Å². The van der Waals surface area contributed by atoms with E-state index in [2.05, 4.69) is 32.8 Å². The van der Waals surface area contributed by atoms with Gasteiger partial charge in [-0.05, 0) is 39.2 Å². The second-order valence-electron chi connectivity index (χ2n) is 6.47. The summed E-state index contributed by atoms with van der Waals surface area (Å²) in [4.78, 5) is 8.09. The summed E-state index contributed by atoms with van der Waals surface area (Å²) < 4.78 is 12.1. The first kappa shape index (κ1) is 16.8. The van der Waals surface area contributed by atoms with Gasteiger partial charge in [0.2, 0.25) is 0 Å². The van der Waals surface area contributed by atoms with Crippen molar-refractivity contribution in [1.82, 2.24) is 20.2 Å². The van der Waals surface area contributed by atoms with Crippen LogP contribution in [0.15, 0.2) is 11.8 Å². The van der Waals surface area contributed by atoms with Gasteiger partial charge >= 0.3 is 7.12 Å². The van der Waals surface area contributed by atoms with Gasteiger partial charge < -0.3 is 9.31 Å². The number of aromatic amines is 1. The average molecular weight is 353 g/mol. The summed E-state index contributed by atoms with van der Waals surface area (Å²) in [7, 11) is -0.473. The highest BCUT2D eigenvalue weighted by Gasteiger charge is 2.52. The molecule has 0 bridgehead atoms. The maximum atomic E-state index is 6.16. The van der Waals surface area contributed by atoms with Crippen molar-refractivity contribution >= 4 is 48.5 Å². The number of thiol groups is 1. The van der Waals surface area contributed by atoms with Crippen molar-refractivity contribution in [2.24, 2.45) is 0 Å². The third-order valence-electron chi connectivity index (χ3n) is 4.40. The molecule has 0 radical (unpaired) electrons. The van der Waals surface area contributed by atoms with E-state index in [0.717, 1.165) is 5.47 Å². The zero-order valence-electron chi connectivity index (χ0n) is 13.4. The molecule has 1 fully saturated rings. The number of H-pyrrole nitrogens is 1. The molecule has 0 aliphatic carbocycles. The fourth-order valence-corrected chi connectivity index (χ4v) is 2.78. The predicted octanol–water partition coefficient (Wildman–Crippen LogP) is 2.95. The van der Waals surface area contributed by atoms with Crippen LogP contribution in [0.1, 0.15) is 33.4 Å². The molecule has 1 saturated heterocycles. The number of hydrogen-bond donors (Lipinski definition) is 2. The highest BCUT2D eigenvalue weighted by Crippen LogP contribution is 2.39. The molecule has 3 rings (SSSR count). The summed E-state index contributed by atoms with van der Waals surface area (Å²) in [6.45, 7) is 8.05. The zero-order valence-corrected chi connectivity index (χ0v) is 15.1. The van der Waals surface area contributed by atoms with Crippen LogP contribution in [-0.4, -0.2) is 44.2 Å². The van der Waals surface area contributed by atoms with Crippen LogP contribution in [0.4, 0.5) is 0 Å². The van der Waals surface area contributed by atoms with Gasteiger partial charge in [0.15, 0.2) is 5.65 Å². The molecule has 1 aliphatic rings. The van der Waals surface area contributed by atoms with Crippen LogP contribution in [0.25, 0.3) is 17.1 Å². The van der Waals surface area contributed by atoms with Crippen LogP contribution in [0, 0.1) is 0 Å². The van der Waals surface area contributed by atoms with Gasteiger partial charge in [-0.2, -0.15) is 17.7 Å². The Bertz CT molecular complexity index is 761. The maximum Gasteiger partial charge on any atom is 0.491 e. The number of rotatable bonds is 3. The Labute approximate surface area is 145 Å². The molecule has 0 amide bonds. The average Bonchev–Trinajstić information content (AvgIpc) is 2.96. The molecule has 0 saturated carbocycles. The Hall–Kier alpha value is -1.09. The van der Waals surface area contributed by atoms with Crippen molar-refractivity contribution in [3.05, 3.63) is 22.6 Å². The van der Waals surface area contributed by atoms with Crippen molar-refractivity contribution in [2.45, 2.75) is 38.9 Å². The summed E-state index contributed by atoms with van der Waals surface area (Å²) in [5.41, 5.74) is 1.29. The van der Waals surface area contributed by atoms with E-state index in [4.69, 9.17) is 20.9 Å². The molecule has 2 aromatic heterocycles. The number of fused-ring (bicyclic) bond motifs is 1. The lowest BCUT2D eigenvalue weighted by atomic mass is 9.78. The second-order valence-corrected chi connectivity index (χ2v) is 7.14. The lowest BCUT2D eigenvalue weighted by molar-refractivity contribution is 0.00578. The first-order chi connectivity index (χ1) is 10.7. The van der Waals surface area contributed by atoms with E-state index in [1.54, 1.807) is 0 Å². The van der Waals surface area contributed by atoms with Crippen LogP contribution in [0.2, 0.25) is 5.15 Å². The minimum atomic E-state index is -0.473. The van der Waals surface area contributed by atoms with Crippen molar-refractivity contribution in [3.8, 4) is 0 Å². The third kappa shape index (κ3) is 2.89. The van der Waals surface area contributed by atoms with Gasteiger partial charge in [0.05, 0.1) is 22.3 Å². The van der Waals surface area contributed by atoms with Gasteiger partial charge in [-0.25, -0.2) is 9.97 Å². The number of hydrogen-bond acceptors (Lipinski definition) is 6. The molecule has 6 nitrogen and oxygen atoms in total. The monoisotopic (exact) mass is 352 g/mol. The Kier molecular flexibility index (Phi) is 4.21. The Morgan fingerprint density at radius 2 is 1.96 bits per heavy atom. The molecular weight excluding hydrogens is 335 g/mol. The first-order valence-corrected chi connectivity index (χ1v) is 8.28. The number of halogens is 1. The molecule has 0 spiro atoms. The first-order valence-electron chi connectivity index (χ1n) is 7.27. The Morgan fingerprint density at radius 1 is 1.30 bits per heavy atom. The molecule has 0 atom stereocenters. The summed E-state index contributed by atoms with van der Waals surface area (Å²) in [5, 5.41) is 8.09. The van der Waals surface area contributed by atoms with Crippen LogP contribution in [0.5, 0.6) is 0 Å². The summed E-state index contributed by atoms with van der Waals surface area (Å²) in [6, 6.07) is 0. The molecule has 122 valence electrons. The number of aromatic nitrogens is 4. The second kappa shape index (κ2) is 5.77. The molecule has 1 N–H and O–H groups in total. The van der Waals surface area contributed by atoms with Gasteiger partial charge in [-0.15, -0.1) is 0 Å². The van der Waals surface area contributed by atoms with E-state index in [-0.39, 0.29) is 0 Å². The molecular formula is C14H18BClN4O2S. The SMILES string of the molecule is CC1(C)OB(C(=Cc2[nH]nc3ncnc(Cl)c23)CS)OC1(C)C. The standard InChI is InChI=1S/C14H18BClN4O2S/c1-13(2)14(3,4)22-15(21-13)8(6-23)5-9-10-11(16)17-7-18-12(10)20-19-9/h5,7,23H,6H2,1-4H3,(H,17,18,19,20). The van der Waals surface area contributed by atoms with Crippen LogP contribution >= 0.6 is 24.2 Å². The van der Waals surface area contributed by atoms with E-state index in [1.807, 2.05) is 33.8 Å². The zero-order chi connectivity index (χ0) is 16.8. The van der Waals surface area contributed by atoms with Crippen molar-refractivity contribution in [3.63, 3.8) is 0 Å². The highest BCUT2D eigenvalue weighted by molar-refractivity contribution is 7.80. The predicted molar refractivity (Wildman–Crippen MR) is 94.6 cm³/mol. The smallest absolute Gasteiger partial charge is 0.400 e. The van der Waals surface area contributed by atoms with Crippen LogP contribution in [-0.2, 0) is 9.31 Å². The van der Waals surface area contributed by atoms with Crippen molar-refractivity contribution < 1.29 is 9.31 Å². The minimum Gasteiger partial charge on any atom is -0.400 e. The van der Waals surface area contributed by atoms with Crippen molar-refractivity contribution in [1.29, 1.82) is 0 Å². The quantitative estimate of drug-likeness (QED) is 0.505. The van der Waals surface area contributed by atoms with Gasteiger partial charge in [0.25, 0.3) is 0 Å². The van der Waals surface area contributed by atoms with E-state index in [0.29, 0.717) is 27.6 Å². The van der Waals surface area contributed by atoms with E-state index < -0.39 is 18.3 Å². The normalized spacial score (nSPS) is 20.4. The Morgan fingerprint density at radius 3 is 2.57 bits per heavy atom. The third-order valence-corrected chi connectivity index (χ3v) is 5.05. The molecule has 3 heterocycles. The molecule has 9 heteroatoms. The van der Waals surface area contributed by atoms with E-state index in [1.165, 1.54) is 6.33 Å². The topological polar surface area (TPSA) is 72.9 Å². The molecule has 1 aliphatic heterocycles. The largest absolute Gasteiger partial charge is 0.491 e. The molecule has 23 heavy (non-hydrogen) atoms. The summed E-state index contributed by atoms with van der Waals surface area (Å²) in [5.74, 6) is 0.475. The fourth-order valence-electron chi connectivity index (χ4n) is 2.31. The highest BCUT2D eigenvalue weighted by atomic mass is 35.5. The summed E-state index contributed by atoms with van der Waals surface area (Å²) in [6.07, 6.45) is 3.27. The minimum absolute atomic E-state index is 0.349. The van der Waals surface area contributed by atoms with Gasteiger partial charge in [-0.3, -0.25) is 5.10 Å². The molecule has 0 unspecified atom stereocenters. The molecule has 2 aromatic rings. The van der Waals surface area contributed by atoms with Gasteiger partial charge in [-0.1, -0.05) is 11.6 Å². The fraction of sp³-hybridized carbons (Fsp3) is 0.500.